The topological polar surface area (TPSA) is 101 Å². The maximum Gasteiger partial charge on any atom is 0.324 e. The molecule has 4 N–H and O–H groups in total. The Bertz CT molecular complexity index is 368. The van der Waals surface area contributed by atoms with Gasteiger partial charge in [0.15, 0.2) is 0 Å². The number of rotatable bonds is 2. The Morgan fingerprint density at radius 1 is 1.29 bits per heavy atom. The first kappa shape index (κ1) is 8.23. The van der Waals surface area contributed by atoms with E-state index in [1.165, 1.54) is 0 Å². The van der Waals surface area contributed by atoms with Crippen molar-refractivity contribution in [1.82, 2.24) is 0 Å². The summed E-state index contributed by atoms with van der Waals surface area (Å²) in [6.45, 7) is 0. The first-order valence-electron chi connectivity index (χ1n) is 4.71. The number of carboxylic acid groups (broad SMARTS) is 2. The van der Waals surface area contributed by atoms with Crippen molar-refractivity contribution < 1.29 is 19.8 Å². The van der Waals surface area contributed by atoms with Gasteiger partial charge in [-0.2, -0.15) is 0 Å². The Hall–Kier alpha value is -1.10. The van der Waals surface area contributed by atoms with Crippen molar-refractivity contribution in [2.75, 3.05) is 0 Å². The molecule has 4 rings (SSSR count). The molecule has 0 saturated heterocycles. The number of carbonyl (C=O) groups is 2. The largest absolute Gasteiger partial charge is 0.481 e. The molecule has 0 heterocycles. The lowest BCUT2D eigenvalue weighted by Gasteiger charge is -2.22. The molecule has 0 aromatic carbocycles. The highest BCUT2D eigenvalue weighted by atomic mass is 16.4. The second-order valence-electron chi connectivity index (χ2n) is 4.80. The minimum absolute atomic E-state index is 0.0195. The SMILES string of the molecule is N[C@@]1(C(=O)O)C2CC3C1C3(C(=O)O)C2. The van der Waals surface area contributed by atoms with Crippen LogP contribution in [0, 0.1) is 23.2 Å². The van der Waals surface area contributed by atoms with E-state index in [2.05, 4.69) is 0 Å². The minimum atomic E-state index is -1.26. The highest BCUT2D eigenvalue weighted by molar-refractivity contribution is 5.90. The van der Waals surface area contributed by atoms with Crippen LogP contribution in [0.2, 0.25) is 0 Å². The summed E-state index contributed by atoms with van der Waals surface area (Å²) in [4.78, 5) is 22.1. The van der Waals surface area contributed by atoms with Gasteiger partial charge >= 0.3 is 11.9 Å². The quantitative estimate of drug-likeness (QED) is 0.554. The fourth-order valence-electron chi connectivity index (χ4n) is 4.00. The maximum atomic E-state index is 11.1. The third kappa shape index (κ3) is 0.507. The van der Waals surface area contributed by atoms with Crippen molar-refractivity contribution >= 4 is 11.9 Å². The van der Waals surface area contributed by atoms with Gasteiger partial charge in [-0.05, 0) is 24.7 Å². The van der Waals surface area contributed by atoms with Gasteiger partial charge in [-0.15, -0.1) is 0 Å². The molecule has 0 aliphatic heterocycles. The fraction of sp³-hybridized carbons (Fsp3) is 0.778. The Kier molecular flexibility index (Phi) is 1.07. The first-order valence-corrected chi connectivity index (χ1v) is 4.71. The molecule has 4 bridgehead atoms. The molecule has 14 heavy (non-hydrogen) atoms. The zero-order valence-electron chi connectivity index (χ0n) is 7.43. The summed E-state index contributed by atoms with van der Waals surface area (Å²) in [7, 11) is 0. The predicted octanol–water partition coefficient (Wildman–Crippen LogP) is -0.491. The van der Waals surface area contributed by atoms with E-state index in [1.807, 2.05) is 0 Å². The Morgan fingerprint density at radius 3 is 2.21 bits per heavy atom. The molecule has 0 amide bonds. The Balaban J connectivity index is 2.06. The van der Waals surface area contributed by atoms with Gasteiger partial charge in [-0.3, -0.25) is 9.59 Å². The van der Waals surface area contributed by atoms with Crippen LogP contribution in [-0.4, -0.2) is 27.7 Å². The minimum Gasteiger partial charge on any atom is -0.481 e. The molecule has 5 atom stereocenters. The van der Waals surface area contributed by atoms with E-state index in [1.54, 1.807) is 0 Å². The van der Waals surface area contributed by atoms with Crippen LogP contribution in [0.25, 0.3) is 0 Å². The summed E-state index contributed by atoms with van der Waals surface area (Å²) >= 11 is 0. The van der Waals surface area contributed by atoms with Crippen LogP contribution in [0.3, 0.4) is 0 Å². The predicted molar refractivity (Wildman–Crippen MR) is 44.3 cm³/mol. The van der Waals surface area contributed by atoms with E-state index < -0.39 is 22.9 Å². The molecule has 0 radical (unpaired) electrons. The molecule has 5 heteroatoms. The van der Waals surface area contributed by atoms with Crippen molar-refractivity contribution in [3.63, 3.8) is 0 Å². The molecular formula is C9H11NO4. The van der Waals surface area contributed by atoms with E-state index in [-0.39, 0.29) is 17.8 Å². The lowest BCUT2D eigenvalue weighted by atomic mass is 9.90. The molecule has 0 aromatic heterocycles. The molecule has 4 aliphatic carbocycles. The monoisotopic (exact) mass is 197 g/mol. The third-order valence-corrected chi connectivity index (χ3v) is 4.59. The van der Waals surface area contributed by atoms with Crippen LogP contribution in [0.1, 0.15) is 12.8 Å². The average molecular weight is 197 g/mol. The van der Waals surface area contributed by atoms with Crippen LogP contribution in [0.4, 0.5) is 0 Å². The number of nitrogens with two attached hydrogens (primary N) is 1. The summed E-state index contributed by atoms with van der Waals surface area (Å²) in [5.74, 6) is -2.33. The van der Waals surface area contributed by atoms with Crippen LogP contribution in [0.5, 0.6) is 0 Å². The maximum absolute atomic E-state index is 11.1. The highest BCUT2D eigenvalue weighted by Gasteiger charge is 2.88. The number of aliphatic carboxylic acids is 2. The van der Waals surface area contributed by atoms with E-state index in [0.29, 0.717) is 12.8 Å². The average Bonchev–Trinajstić information content (AvgIpc) is 2.45. The third-order valence-electron chi connectivity index (χ3n) is 4.59. The number of hydrogen-bond acceptors (Lipinski definition) is 3. The summed E-state index contributed by atoms with van der Waals surface area (Å²) in [6, 6.07) is 0. The smallest absolute Gasteiger partial charge is 0.324 e. The van der Waals surface area contributed by atoms with Gasteiger partial charge in [0.2, 0.25) is 0 Å². The van der Waals surface area contributed by atoms with Gasteiger partial charge in [-0.1, -0.05) is 0 Å². The summed E-state index contributed by atoms with van der Waals surface area (Å²) < 4.78 is 0. The molecule has 4 aliphatic rings. The standard InChI is InChI=1S/C9H11NO4/c10-9(7(13)14)3-1-4-5(9)8(4,2-3)6(11)12/h3-5H,1-2,10H2,(H,11,12)(H,13,14)/t3?,4?,5?,8?,9-/m0/s1. The van der Waals surface area contributed by atoms with Crippen molar-refractivity contribution in [1.29, 1.82) is 0 Å². The number of carboxylic acids is 2. The van der Waals surface area contributed by atoms with Crippen LogP contribution < -0.4 is 5.73 Å². The molecule has 0 aromatic rings. The van der Waals surface area contributed by atoms with E-state index in [0.717, 1.165) is 0 Å². The molecule has 4 fully saturated rings. The first-order chi connectivity index (χ1) is 6.45. The van der Waals surface area contributed by atoms with Crippen LogP contribution in [-0.2, 0) is 9.59 Å². The molecule has 4 saturated carbocycles. The highest BCUT2D eigenvalue weighted by Crippen LogP contribution is 2.81. The summed E-state index contributed by atoms with van der Waals surface area (Å²) in [5.41, 5.74) is 3.79. The van der Waals surface area contributed by atoms with Crippen molar-refractivity contribution in [2.24, 2.45) is 28.9 Å². The molecule has 4 unspecified atom stereocenters. The van der Waals surface area contributed by atoms with Gasteiger partial charge in [0, 0.05) is 5.92 Å². The second kappa shape index (κ2) is 1.82. The van der Waals surface area contributed by atoms with E-state index >= 15 is 0 Å². The fourth-order valence-corrected chi connectivity index (χ4v) is 4.00. The molecule has 5 nitrogen and oxygen atoms in total. The van der Waals surface area contributed by atoms with Crippen molar-refractivity contribution in [2.45, 2.75) is 18.4 Å². The van der Waals surface area contributed by atoms with Crippen LogP contribution >= 0.6 is 0 Å². The molecular weight excluding hydrogens is 186 g/mol. The lowest BCUT2D eigenvalue weighted by Crippen LogP contribution is -2.51. The summed E-state index contributed by atoms with van der Waals surface area (Å²) in [5, 5.41) is 18.1. The van der Waals surface area contributed by atoms with Gasteiger partial charge in [0.25, 0.3) is 0 Å². The van der Waals surface area contributed by atoms with E-state index in [9.17, 15) is 9.59 Å². The Labute approximate surface area is 79.9 Å². The normalized spacial score (nSPS) is 57.4. The zero-order chi connectivity index (χ0) is 10.3. The second-order valence-corrected chi connectivity index (χ2v) is 4.80. The molecule has 0 spiro atoms. The van der Waals surface area contributed by atoms with Crippen LogP contribution in [0.15, 0.2) is 0 Å². The van der Waals surface area contributed by atoms with Crippen molar-refractivity contribution in [3.8, 4) is 0 Å². The van der Waals surface area contributed by atoms with Crippen molar-refractivity contribution in [3.05, 3.63) is 0 Å². The summed E-state index contributed by atoms with van der Waals surface area (Å²) in [6.07, 6.45) is 1.14. The van der Waals surface area contributed by atoms with E-state index in [4.69, 9.17) is 15.9 Å². The number of hydrogen-bond donors (Lipinski definition) is 3. The Morgan fingerprint density at radius 2 is 1.93 bits per heavy atom. The van der Waals surface area contributed by atoms with Gasteiger partial charge in [0.05, 0.1) is 5.41 Å². The molecule has 76 valence electrons. The van der Waals surface area contributed by atoms with Gasteiger partial charge in [0.1, 0.15) is 5.54 Å². The lowest BCUT2D eigenvalue weighted by molar-refractivity contribution is -0.145. The zero-order valence-corrected chi connectivity index (χ0v) is 7.43. The van der Waals surface area contributed by atoms with Gasteiger partial charge < -0.3 is 15.9 Å². The van der Waals surface area contributed by atoms with Gasteiger partial charge in [-0.25, -0.2) is 0 Å².